The molecule has 1 aromatic rings. The molecule has 19 heavy (non-hydrogen) atoms. The first-order chi connectivity index (χ1) is 8.93. The Morgan fingerprint density at radius 3 is 2.32 bits per heavy atom. The number of carbonyl (C=O) groups is 2. The summed E-state index contributed by atoms with van der Waals surface area (Å²) in [6.45, 7) is 0.127. The number of nitrogens with zero attached hydrogens (tertiary/aromatic N) is 1. The van der Waals surface area contributed by atoms with E-state index in [0.717, 1.165) is 4.90 Å². The minimum Gasteiger partial charge on any atom is -0.467 e. The summed E-state index contributed by atoms with van der Waals surface area (Å²) in [5.74, 6) is -1.62. The molecule has 7 heteroatoms. The number of esters is 1. The van der Waals surface area contributed by atoms with Crippen molar-refractivity contribution in [3.05, 3.63) is 28.2 Å². The van der Waals surface area contributed by atoms with Gasteiger partial charge in [-0.2, -0.15) is 0 Å². The van der Waals surface area contributed by atoms with Crippen LogP contribution in [0.4, 0.5) is 10.1 Å². The summed E-state index contributed by atoms with van der Waals surface area (Å²) in [4.78, 5) is 24.1. The number of amides is 1. The number of alkyl halides is 1. The molecule has 0 radical (unpaired) electrons. The van der Waals surface area contributed by atoms with Crippen LogP contribution in [0.15, 0.2) is 18.2 Å². The molecule has 1 atom stereocenters. The highest BCUT2D eigenvalue weighted by Gasteiger charge is 2.30. The van der Waals surface area contributed by atoms with Gasteiger partial charge in [0, 0.05) is 0 Å². The summed E-state index contributed by atoms with van der Waals surface area (Å²) in [5, 5.41) is 0.287. The fraction of sp³-hybridized carbons (Fsp3) is 0.333. The zero-order chi connectivity index (χ0) is 14.6. The fourth-order valence-corrected chi connectivity index (χ4v) is 2.17. The summed E-state index contributed by atoms with van der Waals surface area (Å²) in [6, 6.07) is 3.52. The molecule has 0 aliphatic rings. The van der Waals surface area contributed by atoms with Crippen LogP contribution < -0.4 is 4.90 Å². The molecule has 0 saturated carbocycles. The predicted octanol–water partition coefficient (Wildman–Crippen LogP) is 2.86. The summed E-state index contributed by atoms with van der Waals surface area (Å²) in [5.41, 5.74) is 0.0892. The average Bonchev–Trinajstić information content (AvgIpc) is 2.40. The third-order valence-corrected chi connectivity index (χ3v) is 3.10. The fourth-order valence-electron chi connectivity index (χ4n) is 1.59. The van der Waals surface area contributed by atoms with Crippen LogP contribution in [0.2, 0.25) is 10.0 Å². The highest BCUT2D eigenvalue weighted by molar-refractivity contribution is 6.40. The molecule has 0 N–H and O–H groups in total. The van der Waals surface area contributed by atoms with Crippen LogP contribution in [0.3, 0.4) is 0 Å². The highest BCUT2D eigenvalue weighted by atomic mass is 35.5. The van der Waals surface area contributed by atoms with Gasteiger partial charge in [0.15, 0.2) is 6.67 Å². The van der Waals surface area contributed by atoms with Gasteiger partial charge in [0.05, 0.1) is 22.8 Å². The van der Waals surface area contributed by atoms with Gasteiger partial charge in [0.25, 0.3) is 5.91 Å². The molecule has 1 rings (SSSR count). The number of ether oxygens (including phenoxy) is 1. The molecule has 104 valence electrons. The molecule has 0 aromatic heterocycles. The second-order valence-electron chi connectivity index (χ2n) is 3.67. The maximum absolute atomic E-state index is 12.7. The minimum absolute atomic E-state index is 0.0892. The normalized spacial score (nSPS) is 11.8. The summed E-state index contributed by atoms with van der Waals surface area (Å²) in [7, 11) is 1.17. The molecule has 0 aliphatic heterocycles. The van der Waals surface area contributed by atoms with E-state index in [0.29, 0.717) is 0 Å². The Morgan fingerprint density at radius 1 is 1.37 bits per heavy atom. The van der Waals surface area contributed by atoms with Gasteiger partial charge in [-0.25, -0.2) is 9.18 Å². The lowest BCUT2D eigenvalue weighted by Gasteiger charge is -2.28. The Morgan fingerprint density at radius 2 is 1.89 bits per heavy atom. The number of para-hydroxylation sites is 1. The van der Waals surface area contributed by atoms with E-state index in [1.807, 2.05) is 0 Å². The van der Waals surface area contributed by atoms with Crippen molar-refractivity contribution in [3.8, 4) is 0 Å². The van der Waals surface area contributed by atoms with Crippen LogP contribution >= 0.6 is 23.2 Å². The van der Waals surface area contributed by atoms with Gasteiger partial charge in [0.1, 0.15) is 6.04 Å². The van der Waals surface area contributed by atoms with Crippen molar-refractivity contribution in [2.75, 3.05) is 18.7 Å². The maximum atomic E-state index is 12.7. The molecule has 0 bridgehead atoms. The Balaban J connectivity index is 3.32. The molecule has 0 saturated heterocycles. The topological polar surface area (TPSA) is 46.6 Å². The number of carbonyl (C=O) groups excluding carboxylic acids is 2. The van der Waals surface area contributed by atoms with Crippen molar-refractivity contribution in [2.45, 2.75) is 13.0 Å². The molecule has 1 unspecified atom stereocenters. The van der Waals surface area contributed by atoms with Gasteiger partial charge < -0.3 is 4.74 Å². The van der Waals surface area contributed by atoms with Crippen LogP contribution in [0.1, 0.15) is 6.92 Å². The summed E-state index contributed by atoms with van der Waals surface area (Å²) in [6.07, 6.45) is 0. The first kappa shape index (κ1) is 15.7. The lowest BCUT2D eigenvalue weighted by molar-refractivity contribution is -0.143. The summed E-state index contributed by atoms with van der Waals surface area (Å²) >= 11 is 11.9. The van der Waals surface area contributed by atoms with E-state index in [1.165, 1.54) is 26.2 Å². The predicted molar refractivity (Wildman–Crippen MR) is 71.4 cm³/mol. The van der Waals surface area contributed by atoms with Crippen LogP contribution in [0.25, 0.3) is 0 Å². The number of hydrogen-bond donors (Lipinski definition) is 0. The van der Waals surface area contributed by atoms with Crippen molar-refractivity contribution >= 4 is 40.8 Å². The number of rotatable bonds is 4. The van der Waals surface area contributed by atoms with E-state index >= 15 is 0 Å². The molecular formula is C12H12Cl2FNO3. The molecular weight excluding hydrogens is 296 g/mol. The lowest BCUT2D eigenvalue weighted by Crippen LogP contribution is -2.45. The van der Waals surface area contributed by atoms with Gasteiger partial charge in [0.2, 0.25) is 0 Å². The van der Waals surface area contributed by atoms with E-state index in [-0.39, 0.29) is 15.7 Å². The van der Waals surface area contributed by atoms with Crippen LogP contribution in [-0.4, -0.2) is 31.7 Å². The third-order valence-electron chi connectivity index (χ3n) is 2.49. The Bertz CT molecular complexity index is 476. The standard InChI is InChI=1S/C12H12Cl2FNO3/c1-7(12(18)19-2)16(10(17)6-15)11-8(13)4-3-5-9(11)14/h3-5,7H,6H2,1-2H3. The quantitative estimate of drug-likeness (QED) is 0.804. The van der Waals surface area contributed by atoms with Crippen molar-refractivity contribution in [2.24, 2.45) is 0 Å². The molecule has 0 heterocycles. The van der Waals surface area contributed by atoms with Gasteiger partial charge in [-0.1, -0.05) is 29.3 Å². The Labute approximate surface area is 120 Å². The van der Waals surface area contributed by atoms with Crippen LogP contribution in [-0.2, 0) is 14.3 Å². The largest absolute Gasteiger partial charge is 0.467 e. The van der Waals surface area contributed by atoms with Gasteiger partial charge in [-0.05, 0) is 19.1 Å². The molecule has 4 nitrogen and oxygen atoms in total. The van der Waals surface area contributed by atoms with Crippen molar-refractivity contribution in [1.82, 2.24) is 0 Å². The number of methoxy groups -OCH3 is 1. The molecule has 0 spiro atoms. The second-order valence-corrected chi connectivity index (χ2v) is 4.48. The van der Waals surface area contributed by atoms with Gasteiger partial charge in [-0.15, -0.1) is 0 Å². The minimum atomic E-state index is -1.27. The molecule has 1 amide bonds. The lowest BCUT2D eigenvalue weighted by atomic mass is 10.2. The second kappa shape index (κ2) is 6.73. The monoisotopic (exact) mass is 307 g/mol. The van der Waals surface area contributed by atoms with Crippen molar-refractivity contribution in [3.63, 3.8) is 0 Å². The maximum Gasteiger partial charge on any atom is 0.328 e. The SMILES string of the molecule is COC(=O)C(C)N(C(=O)CF)c1c(Cl)cccc1Cl. The number of halogens is 3. The smallest absolute Gasteiger partial charge is 0.328 e. The zero-order valence-electron chi connectivity index (χ0n) is 10.3. The first-order valence-electron chi connectivity index (χ1n) is 5.33. The number of benzene rings is 1. The highest BCUT2D eigenvalue weighted by Crippen LogP contribution is 2.35. The van der Waals surface area contributed by atoms with Gasteiger partial charge >= 0.3 is 5.97 Å². The average molecular weight is 308 g/mol. The van der Waals surface area contributed by atoms with Crippen molar-refractivity contribution in [1.29, 1.82) is 0 Å². The molecule has 1 aromatic carbocycles. The van der Waals surface area contributed by atoms with E-state index in [1.54, 1.807) is 6.07 Å². The van der Waals surface area contributed by atoms with E-state index in [9.17, 15) is 14.0 Å². The Hall–Kier alpha value is -1.33. The molecule has 0 fully saturated rings. The van der Waals surface area contributed by atoms with E-state index < -0.39 is 24.6 Å². The van der Waals surface area contributed by atoms with E-state index in [2.05, 4.69) is 4.74 Å². The van der Waals surface area contributed by atoms with Crippen molar-refractivity contribution < 1.29 is 18.7 Å². The summed E-state index contributed by atoms with van der Waals surface area (Å²) < 4.78 is 17.2. The van der Waals surface area contributed by atoms with Gasteiger partial charge in [-0.3, -0.25) is 9.69 Å². The number of hydrogen-bond acceptors (Lipinski definition) is 3. The molecule has 0 aliphatic carbocycles. The zero-order valence-corrected chi connectivity index (χ0v) is 11.8. The third kappa shape index (κ3) is 3.36. The first-order valence-corrected chi connectivity index (χ1v) is 6.09. The van der Waals surface area contributed by atoms with Crippen LogP contribution in [0.5, 0.6) is 0 Å². The Kier molecular flexibility index (Phi) is 5.57. The number of anilines is 1. The van der Waals surface area contributed by atoms with E-state index in [4.69, 9.17) is 23.2 Å². The van der Waals surface area contributed by atoms with Crippen LogP contribution in [0, 0.1) is 0 Å².